The fraction of sp³-hybridized carbons (Fsp3) is 0.357. The predicted octanol–water partition coefficient (Wildman–Crippen LogP) is 4.26. The standard InChI is InChI=1S/C28H31NO6/c1-17-24(28(31)35-14-13-32-2)25(20-11-8-12-23(33-3)27(20)34-4)26-21(29-17)15-19(16-22(26)30)18-9-6-5-7-10-18/h5-12,19,25,29H,13-16H2,1-4H3/t19-,25-/m1/s1. The molecule has 4 rings (SSSR count). The molecule has 1 aliphatic carbocycles. The maximum Gasteiger partial charge on any atom is 0.336 e. The number of carbonyl (C=O) groups excluding carboxylic acids is 2. The second-order valence-corrected chi connectivity index (χ2v) is 8.64. The van der Waals surface area contributed by atoms with Crippen molar-refractivity contribution < 1.29 is 28.5 Å². The van der Waals surface area contributed by atoms with Crippen molar-refractivity contribution in [2.75, 3.05) is 34.5 Å². The van der Waals surface area contributed by atoms with Gasteiger partial charge in [-0.1, -0.05) is 42.5 Å². The third-order valence-electron chi connectivity index (χ3n) is 6.58. The van der Waals surface area contributed by atoms with E-state index in [2.05, 4.69) is 17.4 Å². The van der Waals surface area contributed by atoms with Gasteiger partial charge >= 0.3 is 5.97 Å². The average Bonchev–Trinajstić information content (AvgIpc) is 2.87. The number of rotatable bonds is 8. The Labute approximate surface area is 205 Å². The average molecular weight is 478 g/mol. The van der Waals surface area contributed by atoms with E-state index in [0.717, 1.165) is 11.3 Å². The molecule has 1 heterocycles. The quantitative estimate of drug-likeness (QED) is 0.449. The molecule has 0 bridgehead atoms. The molecule has 0 saturated carbocycles. The van der Waals surface area contributed by atoms with E-state index in [0.29, 0.717) is 46.7 Å². The number of carbonyl (C=O) groups is 2. The minimum Gasteiger partial charge on any atom is -0.493 e. The highest BCUT2D eigenvalue weighted by Gasteiger charge is 2.42. The maximum atomic E-state index is 13.7. The van der Waals surface area contributed by atoms with Gasteiger partial charge in [0.25, 0.3) is 0 Å². The minimum absolute atomic E-state index is 0.00262. The fourth-order valence-electron chi connectivity index (χ4n) is 5.02. The van der Waals surface area contributed by atoms with Crippen LogP contribution in [0.15, 0.2) is 71.1 Å². The lowest BCUT2D eigenvalue weighted by Crippen LogP contribution is -2.36. The Morgan fingerprint density at radius 1 is 0.971 bits per heavy atom. The van der Waals surface area contributed by atoms with E-state index in [-0.39, 0.29) is 24.9 Å². The van der Waals surface area contributed by atoms with Crippen LogP contribution in [0.4, 0.5) is 0 Å². The van der Waals surface area contributed by atoms with Gasteiger partial charge in [0.15, 0.2) is 17.3 Å². The summed E-state index contributed by atoms with van der Waals surface area (Å²) in [6, 6.07) is 15.5. The first-order chi connectivity index (χ1) is 17.0. The van der Waals surface area contributed by atoms with Gasteiger partial charge in [-0.3, -0.25) is 4.79 Å². The van der Waals surface area contributed by atoms with Crippen LogP contribution in [0.2, 0.25) is 0 Å². The molecular formula is C28H31NO6. The molecule has 0 aromatic heterocycles. The van der Waals surface area contributed by atoms with E-state index in [4.69, 9.17) is 18.9 Å². The summed E-state index contributed by atoms with van der Waals surface area (Å²) in [5.41, 5.74) is 4.26. The van der Waals surface area contributed by atoms with Crippen LogP contribution in [-0.2, 0) is 19.1 Å². The highest BCUT2D eigenvalue weighted by atomic mass is 16.6. The van der Waals surface area contributed by atoms with E-state index in [9.17, 15) is 9.59 Å². The molecular weight excluding hydrogens is 446 g/mol. The summed E-state index contributed by atoms with van der Waals surface area (Å²) in [5, 5.41) is 3.37. The lowest BCUT2D eigenvalue weighted by atomic mass is 9.71. The molecule has 0 unspecified atom stereocenters. The molecule has 0 amide bonds. The van der Waals surface area contributed by atoms with Crippen LogP contribution < -0.4 is 14.8 Å². The van der Waals surface area contributed by atoms with Crippen molar-refractivity contribution in [1.29, 1.82) is 0 Å². The lowest BCUT2D eigenvalue weighted by Gasteiger charge is -2.37. The van der Waals surface area contributed by atoms with Gasteiger partial charge in [0.05, 0.1) is 32.3 Å². The first-order valence-electron chi connectivity index (χ1n) is 11.7. The first-order valence-corrected chi connectivity index (χ1v) is 11.7. The van der Waals surface area contributed by atoms with E-state index < -0.39 is 11.9 Å². The Morgan fingerprint density at radius 3 is 2.43 bits per heavy atom. The number of nitrogens with one attached hydrogen (secondary N) is 1. The van der Waals surface area contributed by atoms with Gasteiger partial charge in [0.1, 0.15) is 6.61 Å². The summed E-state index contributed by atoms with van der Waals surface area (Å²) in [4.78, 5) is 27.0. The number of ketones is 1. The first kappa shape index (κ1) is 24.5. The third-order valence-corrected chi connectivity index (χ3v) is 6.58. The van der Waals surface area contributed by atoms with Crippen molar-refractivity contribution in [3.63, 3.8) is 0 Å². The number of esters is 1. The molecule has 1 aliphatic heterocycles. The summed E-state index contributed by atoms with van der Waals surface area (Å²) >= 11 is 0. The Bertz CT molecular complexity index is 1170. The van der Waals surface area contributed by atoms with Crippen LogP contribution in [0.1, 0.15) is 42.7 Å². The second-order valence-electron chi connectivity index (χ2n) is 8.64. The summed E-state index contributed by atoms with van der Waals surface area (Å²) in [6.07, 6.45) is 1.02. The van der Waals surface area contributed by atoms with Crippen molar-refractivity contribution in [3.8, 4) is 11.5 Å². The number of hydrogen-bond acceptors (Lipinski definition) is 7. The fourth-order valence-corrected chi connectivity index (χ4v) is 5.02. The molecule has 2 aromatic carbocycles. The summed E-state index contributed by atoms with van der Waals surface area (Å²) in [6.45, 7) is 2.24. The van der Waals surface area contributed by atoms with Gasteiger partial charge in [0, 0.05) is 36.1 Å². The van der Waals surface area contributed by atoms with Crippen LogP contribution in [0.3, 0.4) is 0 Å². The Kier molecular flexibility index (Phi) is 7.56. The van der Waals surface area contributed by atoms with E-state index >= 15 is 0 Å². The second kappa shape index (κ2) is 10.8. The molecule has 1 N–H and O–H groups in total. The zero-order valence-corrected chi connectivity index (χ0v) is 20.6. The largest absolute Gasteiger partial charge is 0.493 e. The van der Waals surface area contributed by atoms with Crippen molar-refractivity contribution in [1.82, 2.24) is 5.32 Å². The van der Waals surface area contributed by atoms with Crippen LogP contribution in [-0.4, -0.2) is 46.3 Å². The molecule has 0 spiro atoms. The molecule has 184 valence electrons. The number of methoxy groups -OCH3 is 3. The molecule has 2 atom stereocenters. The molecule has 2 aliphatic rings. The van der Waals surface area contributed by atoms with Gasteiger partial charge < -0.3 is 24.3 Å². The van der Waals surface area contributed by atoms with Gasteiger partial charge in [0.2, 0.25) is 0 Å². The Morgan fingerprint density at radius 2 is 1.74 bits per heavy atom. The van der Waals surface area contributed by atoms with E-state index in [1.54, 1.807) is 27.4 Å². The van der Waals surface area contributed by atoms with E-state index in [1.807, 2.05) is 37.3 Å². The molecule has 7 nitrogen and oxygen atoms in total. The van der Waals surface area contributed by atoms with Gasteiger partial charge in [-0.2, -0.15) is 0 Å². The summed E-state index contributed by atoms with van der Waals surface area (Å²) in [5.74, 6) is -0.0624. The minimum atomic E-state index is -0.643. The number of para-hydroxylation sites is 1. The number of ether oxygens (including phenoxy) is 4. The van der Waals surface area contributed by atoms with Gasteiger partial charge in [-0.05, 0) is 30.9 Å². The topological polar surface area (TPSA) is 83.1 Å². The molecule has 35 heavy (non-hydrogen) atoms. The zero-order chi connectivity index (χ0) is 24.9. The number of dihydropyridines is 1. The smallest absolute Gasteiger partial charge is 0.336 e. The van der Waals surface area contributed by atoms with Gasteiger partial charge in [-0.25, -0.2) is 4.79 Å². The highest BCUT2D eigenvalue weighted by molar-refractivity contribution is 6.04. The number of allylic oxidation sites excluding steroid dienone is 3. The monoisotopic (exact) mass is 477 g/mol. The molecule has 2 aromatic rings. The van der Waals surface area contributed by atoms with E-state index in [1.165, 1.54) is 0 Å². The van der Waals surface area contributed by atoms with Crippen LogP contribution in [0, 0.1) is 0 Å². The SMILES string of the molecule is COCCOC(=O)C1=C(C)NC2=C(C(=O)C[C@H](c3ccccc3)C2)[C@@H]1c1cccc(OC)c1OC. The van der Waals surface area contributed by atoms with Crippen molar-refractivity contribution in [2.45, 2.75) is 31.6 Å². The van der Waals surface area contributed by atoms with Crippen LogP contribution >= 0.6 is 0 Å². The van der Waals surface area contributed by atoms with Gasteiger partial charge in [-0.15, -0.1) is 0 Å². The van der Waals surface area contributed by atoms with Crippen molar-refractivity contribution in [2.24, 2.45) is 0 Å². The van der Waals surface area contributed by atoms with Crippen molar-refractivity contribution >= 4 is 11.8 Å². The molecule has 0 radical (unpaired) electrons. The third kappa shape index (κ3) is 4.82. The maximum absolute atomic E-state index is 13.7. The molecule has 0 fully saturated rings. The predicted molar refractivity (Wildman–Crippen MR) is 131 cm³/mol. The Balaban J connectivity index is 1.83. The van der Waals surface area contributed by atoms with Crippen molar-refractivity contribution in [3.05, 3.63) is 82.2 Å². The van der Waals surface area contributed by atoms with Crippen LogP contribution in [0.5, 0.6) is 11.5 Å². The lowest BCUT2D eigenvalue weighted by molar-refractivity contribution is -0.140. The highest BCUT2D eigenvalue weighted by Crippen LogP contribution is 2.49. The molecule has 0 saturated heterocycles. The normalized spacial score (nSPS) is 19.7. The number of Topliss-reactive ketones (excluding diaryl/α,β-unsaturated/α-hetero) is 1. The Hall–Kier alpha value is -3.58. The summed E-state index contributed by atoms with van der Waals surface area (Å²) in [7, 11) is 4.66. The zero-order valence-electron chi connectivity index (χ0n) is 20.6. The van der Waals surface area contributed by atoms with Crippen LogP contribution in [0.25, 0.3) is 0 Å². The molecule has 7 heteroatoms. The summed E-state index contributed by atoms with van der Waals surface area (Å²) < 4.78 is 21.8. The number of benzene rings is 2. The number of hydrogen-bond donors (Lipinski definition) is 1.